The number of ether oxygens (including phenoxy) is 3. The van der Waals surface area contributed by atoms with E-state index in [2.05, 4.69) is 10.1 Å². The van der Waals surface area contributed by atoms with E-state index in [1.54, 1.807) is 36.6 Å². The molecule has 10 heteroatoms. The molecule has 0 spiro atoms. The summed E-state index contributed by atoms with van der Waals surface area (Å²) in [6.45, 7) is 4.18. The van der Waals surface area contributed by atoms with Gasteiger partial charge in [0.15, 0.2) is 11.5 Å². The summed E-state index contributed by atoms with van der Waals surface area (Å²) in [5, 5.41) is 2.77. The van der Waals surface area contributed by atoms with Crippen LogP contribution in [-0.2, 0) is 11.3 Å². The van der Waals surface area contributed by atoms with Crippen LogP contribution in [0.1, 0.15) is 26.3 Å². The minimum absolute atomic E-state index is 0.0733. The van der Waals surface area contributed by atoms with Crippen molar-refractivity contribution in [1.29, 1.82) is 0 Å². The van der Waals surface area contributed by atoms with Gasteiger partial charge in [-0.2, -0.15) is 8.78 Å². The molecule has 0 aliphatic carbocycles. The topological polar surface area (TPSA) is 80.3 Å². The first-order valence-corrected chi connectivity index (χ1v) is 9.21. The van der Waals surface area contributed by atoms with Crippen molar-refractivity contribution in [2.75, 3.05) is 33.3 Å². The molecule has 0 radical (unpaired) electrons. The van der Waals surface area contributed by atoms with Crippen LogP contribution in [0.5, 0.6) is 11.5 Å². The number of alkyl halides is 2. The lowest BCUT2D eigenvalue weighted by atomic mass is 10.2. The van der Waals surface area contributed by atoms with Gasteiger partial charge in [-0.15, -0.1) is 0 Å². The number of methoxy groups -OCH3 is 1. The Morgan fingerprint density at radius 3 is 2.28 bits per heavy atom. The predicted octanol–water partition coefficient (Wildman–Crippen LogP) is 3.06. The van der Waals surface area contributed by atoms with Gasteiger partial charge < -0.3 is 29.3 Å². The molecule has 3 amide bonds. The zero-order valence-corrected chi connectivity index (χ0v) is 17.0. The summed E-state index contributed by atoms with van der Waals surface area (Å²) in [7, 11) is 1.35. The van der Waals surface area contributed by atoms with Crippen molar-refractivity contribution in [3.63, 3.8) is 0 Å². The molecular weight excluding hydrogens is 388 g/mol. The number of benzene rings is 1. The van der Waals surface area contributed by atoms with E-state index in [0.717, 1.165) is 0 Å². The quantitative estimate of drug-likeness (QED) is 0.800. The number of hydrogen-bond donors (Lipinski definition) is 1. The van der Waals surface area contributed by atoms with Crippen LogP contribution in [-0.4, -0.2) is 67.4 Å². The summed E-state index contributed by atoms with van der Waals surface area (Å²) in [5.74, 6) is 0.0823. The van der Waals surface area contributed by atoms with Crippen molar-refractivity contribution in [2.24, 2.45) is 0 Å². The minimum Gasteiger partial charge on any atom is -0.493 e. The van der Waals surface area contributed by atoms with Crippen molar-refractivity contribution < 1.29 is 32.6 Å². The second-order valence-electron chi connectivity index (χ2n) is 7.48. The van der Waals surface area contributed by atoms with Crippen molar-refractivity contribution >= 4 is 12.1 Å². The molecule has 1 aromatic carbocycles. The fraction of sp³-hybridized carbons (Fsp3) is 0.579. The first-order chi connectivity index (χ1) is 13.6. The number of urea groups is 1. The van der Waals surface area contributed by atoms with Crippen LogP contribution < -0.4 is 14.8 Å². The van der Waals surface area contributed by atoms with E-state index < -0.39 is 18.3 Å². The molecule has 0 atom stereocenters. The summed E-state index contributed by atoms with van der Waals surface area (Å²) >= 11 is 0. The summed E-state index contributed by atoms with van der Waals surface area (Å²) in [5.41, 5.74) is 0.104. The number of carbonyl (C=O) groups excluding carboxylic acids is 2. The number of amides is 3. The van der Waals surface area contributed by atoms with Crippen LogP contribution in [0.2, 0.25) is 0 Å². The van der Waals surface area contributed by atoms with Gasteiger partial charge >= 0.3 is 18.7 Å². The van der Waals surface area contributed by atoms with E-state index in [1.165, 1.54) is 19.2 Å². The van der Waals surface area contributed by atoms with Gasteiger partial charge in [0.05, 0.1) is 7.11 Å². The maximum atomic E-state index is 12.4. The molecule has 0 bridgehead atoms. The number of hydrogen-bond acceptors (Lipinski definition) is 5. The molecule has 162 valence electrons. The lowest BCUT2D eigenvalue weighted by molar-refractivity contribution is -0.0512. The monoisotopic (exact) mass is 415 g/mol. The number of carbonyl (C=O) groups is 2. The largest absolute Gasteiger partial charge is 0.493 e. The Bertz CT molecular complexity index is 716. The number of nitrogens with zero attached hydrogens (tertiary/aromatic N) is 2. The highest BCUT2D eigenvalue weighted by Crippen LogP contribution is 2.29. The van der Waals surface area contributed by atoms with Crippen LogP contribution in [0, 0.1) is 0 Å². The molecule has 1 aliphatic rings. The van der Waals surface area contributed by atoms with Crippen LogP contribution in [0.15, 0.2) is 18.2 Å². The minimum atomic E-state index is -2.95. The van der Waals surface area contributed by atoms with Crippen LogP contribution in [0.3, 0.4) is 0 Å². The Labute approximate surface area is 168 Å². The lowest BCUT2D eigenvalue weighted by Gasteiger charge is -2.35. The van der Waals surface area contributed by atoms with Gasteiger partial charge in [-0.05, 0) is 38.5 Å². The molecule has 8 nitrogen and oxygen atoms in total. The number of rotatable bonds is 5. The van der Waals surface area contributed by atoms with E-state index in [9.17, 15) is 18.4 Å². The van der Waals surface area contributed by atoms with Gasteiger partial charge in [0, 0.05) is 32.7 Å². The maximum absolute atomic E-state index is 12.4. The highest BCUT2D eigenvalue weighted by molar-refractivity contribution is 5.75. The zero-order chi connectivity index (χ0) is 21.6. The van der Waals surface area contributed by atoms with E-state index in [-0.39, 0.29) is 24.1 Å². The van der Waals surface area contributed by atoms with Crippen molar-refractivity contribution in [3.05, 3.63) is 23.8 Å². The normalized spacial score (nSPS) is 14.6. The molecule has 1 heterocycles. The SMILES string of the molecule is COc1cc(CNC(=O)N2CCN(C(=O)OC(C)(C)C)CC2)ccc1OC(F)F. The standard InChI is InChI=1S/C19H27F2N3O5/c1-19(2,3)29-18(26)24-9-7-23(8-10-24)17(25)22-12-13-5-6-14(28-16(20)21)15(11-13)27-4/h5-6,11,16H,7-10,12H2,1-4H3,(H,22,25). The molecule has 1 N–H and O–H groups in total. The summed E-state index contributed by atoms with van der Waals surface area (Å²) < 4.78 is 39.5. The van der Waals surface area contributed by atoms with E-state index in [4.69, 9.17) is 9.47 Å². The Hall–Kier alpha value is -2.78. The van der Waals surface area contributed by atoms with E-state index in [0.29, 0.717) is 31.7 Å². The van der Waals surface area contributed by atoms with Gasteiger partial charge in [0.2, 0.25) is 0 Å². The van der Waals surface area contributed by atoms with Gasteiger partial charge in [-0.25, -0.2) is 9.59 Å². The third kappa shape index (κ3) is 6.95. The van der Waals surface area contributed by atoms with Gasteiger partial charge in [0.1, 0.15) is 5.60 Å². The van der Waals surface area contributed by atoms with Gasteiger partial charge in [-0.1, -0.05) is 6.07 Å². The number of halogens is 2. The van der Waals surface area contributed by atoms with Gasteiger partial charge in [0.25, 0.3) is 0 Å². The molecule has 29 heavy (non-hydrogen) atoms. The molecule has 1 saturated heterocycles. The van der Waals surface area contributed by atoms with Crippen LogP contribution in [0.25, 0.3) is 0 Å². The summed E-state index contributed by atoms with van der Waals surface area (Å²) in [6, 6.07) is 4.19. The summed E-state index contributed by atoms with van der Waals surface area (Å²) in [6.07, 6.45) is -0.393. The molecule has 1 fully saturated rings. The van der Waals surface area contributed by atoms with Gasteiger partial charge in [-0.3, -0.25) is 0 Å². The average Bonchev–Trinajstić information content (AvgIpc) is 2.65. The van der Waals surface area contributed by atoms with Crippen molar-refractivity contribution in [1.82, 2.24) is 15.1 Å². The Morgan fingerprint density at radius 1 is 1.10 bits per heavy atom. The maximum Gasteiger partial charge on any atom is 0.410 e. The summed E-state index contributed by atoms with van der Waals surface area (Å²) in [4.78, 5) is 27.6. The fourth-order valence-electron chi connectivity index (χ4n) is 2.72. The van der Waals surface area contributed by atoms with E-state index in [1.807, 2.05) is 0 Å². The van der Waals surface area contributed by atoms with Crippen molar-refractivity contribution in [2.45, 2.75) is 39.5 Å². The Morgan fingerprint density at radius 2 is 1.72 bits per heavy atom. The average molecular weight is 415 g/mol. The molecule has 1 aliphatic heterocycles. The van der Waals surface area contributed by atoms with Crippen LogP contribution in [0.4, 0.5) is 18.4 Å². The number of piperazine rings is 1. The second-order valence-corrected chi connectivity index (χ2v) is 7.48. The number of nitrogens with one attached hydrogen (secondary N) is 1. The third-order valence-electron chi connectivity index (χ3n) is 4.11. The first-order valence-electron chi connectivity index (χ1n) is 9.21. The molecule has 2 rings (SSSR count). The first kappa shape index (κ1) is 22.5. The zero-order valence-electron chi connectivity index (χ0n) is 17.0. The lowest BCUT2D eigenvalue weighted by Crippen LogP contribution is -2.53. The molecular formula is C19H27F2N3O5. The molecule has 0 saturated carbocycles. The highest BCUT2D eigenvalue weighted by atomic mass is 19.3. The second kappa shape index (κ2) is 9.62. The van der Waals surface area contributed by atoms with Crippen LogP contribution >= 0.6 is 0 Å². The Balaban J connectivity index is 1.84. The molecule has 0 unspecified atom stereocenters. The smallest absolute Gasteiger partial charge is 0.410 e. The molecule has 1 aromatic rings. The van der Waals surface area contributed by atoms with E-state index >= 15 is 0 Å². The predicted molar refractivity (Wildman–Crippen MR) is 101 cm³/mol. The Kier molecular flexibility index (Phi) is 7.46. The van der Waals surface area contributed by atoms with Crippen molar-refractivity contribution in [3.8, 4) is 11.5 Å². The fourth-order valence-corrected chi connectivity index (χ4v) is 2.72. The molecule has 0 aromatic heterocycles. The highest BCUT2D eigenvalue weighted by Gasteiger charge is 2.27. The third-order valence-corrected chi connectivity index (χ3v) is 4.11.